The number of benzene rings is 4. The van der Waals surface area contributed by atoms with E-state index in [0.29, 0.717) is 129 Å². The number of carbonyl (C=O) groups is 2. The maximum atomic E-state index is 15.1. The molecule has 4 aromatic rings. The first-order valence-electron chi connectivity index (χ1n) is 24.7. The van der Waals surface area contributed by atoms with E-state index in [4.69, 9.17) is 49.4 Å². The predicted molar refractivity (Wildman–Crippen MR) is 269 cm³/mol. The van der Waals surface area contributed by atoms with Crippen LogP contribution in [0.4, 0.5) is 0 Å². The van der Waals surface area contributed by atoms with E-state index in [-0.39, 0.29) is 73.1 Å². The molecule has 0 radical (unpaired) electrons. The fourth-order valence-corrected chi connectivity index (χ4v) is 8.91. The van der Waals surface area contributed by atoms with Crippen LogP contribution in [0.25, 0.3) is 0 Å². The fourth-order valence-electron chi connectivity index (χ4n) is 8.91. The van der Waals surface area contributed by atoms with Gasteiger partial charge in [-0.3, -0.25) is 9.59 Å². The lowest BCUT2D eigenvalue weighted by atomic mass is 9.84. The molecule has 69 heavy (non-hydrogen) atoms. The first kappa shape index (κ1) is 52.0. The van der Waals surface area contributed by atoms with Crippen molar-refractivity contribution >= 4 is 11.6 Å². The first-order valence-corrected chi connectivity index (χ1v) is 24.7. The molecule has 0 heterocycles. The van der Waals surface area contributed by atoms with E-state index in [1.54, 1.807) is 0 Å². The number of hydrogen-bond acceptors (Lipinski definition) is 14. The Bertz CT molecular complexity index is 2340. The van der Waals surface area contributed by atoms with Crippen LogP contribution in [0.15, 0.2) is 71.1 Å². The molecule has 14 nitrogen and oxygen atoms in total. The van der Waals surface area contributed by atoms with Crippen LogP contribution in [0.5, 0.6) is 46.0 Å². The highest BCUT2D eigenvalue weighted by Gasteiger charge is 2.36. The lowest BCUT2D eigenvalue weighted by molar-refractivity contribution is -0.117. The van der Waals surface area contributed by atoms with Crippen molar-refractivity contribution < 1.29 is 47.5 Å². The Morgan fingerprint density at radius 2 is 0.536 bits per heavy atom. The quantitative estimate of drug-likeness (QED) is 0.0568. The number of nitrogens with one attached hydrogen (secondary N) is 2. The minimum absolute atomic E-state index is 0.0578. The summed E-state index contributed by atoms with van der Waals surface area (Å²) in [5.41, 5.74) is 19.6. The van der Waals surface area contributed by atoms with E-state index in [1.165, 1.54) is 0 Å². The summed E-state index contributed by atoms with van der Waals surface area (Å²) in [7, 11) is 0. The molecule has 0 atom stereocenters. The minimum atomic E-state index is -0.339. The summed E-state index contributed by atoms with van der Waals surface area (Å²) in [6.45, 7) is 19.8. The van der Waals surface area contributed by atoms with Crippen LogP contribution in [-0.2, 0) is 41.7 Å². The number of hydrogen-bond donors (Lipinski definition) is 4. The van der Waals surface area contributed by atoms with Gasteiger partial charge in [-0.1, -0.05) is 0 Å². The van der Waals surface area contributed by atoms with E-state index >= 15 is 9.59 Å². The normalized spacial score (nSPS) is 13.7. The van der Waals surface area contributed by atoms with E-state index < -0.39 is 0 Å². The molecule has 14 heteroatoms. The van der Waals surface area contributed by atoms with Crippen molar-refractivity contribution in [3.63, 3.8) is 0 Å². The van der Waals surface area contributed by atoms with Crippen molar-refractivity contribution in [1.82, 2.24) is 10.6 Å². The van der Waals surface area contributed by atoms with Gasteiger partial charge in [-0.15, -0.1) is 0 Å². The summed E-state index contributed by atoms with van der Waals surface area (Å²) in [6, 6.07) is 16.0. The highest BCUT2D eigenvalue weighted by Crippen LogP contribution is 2.42. The SMILES string of the molecule is CCOc1cc2c(OCC)cc1CC1=C(NCCN)C(=O)C(=C(NCCN)C1=O)Cc1cc(OCC)c(cc1OCC)Cc1cc(OCC)c(cc1OCC)Cc1cc(OCC)c(cc1OCC)C2. The molecule has 0 saturated carbocycles. The van der Waals surface area contributed by atoms with Crippen LogP contribution < -0.4 is 60.0 Å². The summed E-state index contributed by atoms with van der Waals surface area (Å²) in [5, 5.41) is 6.50. The van der Waals surface area contributed by atoms with Crippen LogP contribution in [0.3, 0.4) is 0 Å². The van der Waals surface area contributed by atoms with Crippen molar-refractivity contribution in [1.29, 1.82) is 0 Å². The third kappa shape index (κ3) is 12.3. The molecular formula is C55H72N4O10. The van der Waals surface area contributed by atoms with Gasteiger partial charge in [0.05, 0.1) is 64.2 Å². The number of ketones is 2. The van der Waals surface area contributed by atoms with Gasteiger partial charge in [-0.2, -0.15) is 0 Å². The second-order valence-corrected chi connectivity index (χ2v) is 16.4. The van der Waals surface area contributed by atoms with Gasteiger partial charge in [0.15, 0.2) is 0 Å². The Hall–Kier alpha value is -6.38. The van der Waals surface area contributed by atoms with Gasteiger partial charge in [-0.25, -0.2) is 0 Å². The van der Waals surface area contributed by atoms with Crippen LogP contribution in [0, 0.1) is 0 Å². The Kier molecular flexibility index (Phi) is 19.1. The molecule has 0 unspecified atom stereocenters. The van der Waals surface area contributed by atoms with E-state index in [9.17, 15) is 0 Å². The van der Waals surface area contributed by atoms with Crippen LogP contribution in [0.1, 0.15) is 99.9 Å². The fraction of sp³-hybridized carbons (Fsp3) is 0.455. The minimum Gasteiger partial charge on any atom is -0.494 e. The van der Waals surface area contributed by atoms with E-state index in [2.05, 4.69) is 34.9 Å². The number of rotatable bonds is 22. The topological polar surface area (TPSA) is 184 Å². The standard InChI is InChI=1S/C55H72N4O10/c1-9-62-44-28-36-22-38-30-50(68-15-7)40(32-48(38)66-13-5)24-42-52(58-19-17-56)55(61)43(53(54(42)60)59-20-18-57)25-41-33-49(67-14-6)39(31-51(41)69-16-8)23-37-29-45(63-10-2)35(27-47(37)65-12-4)21-34(44)26-46(36)64-11-3/h26-33,58-59H,9-25,56-57H2,1-8H3. The zero-order valence-corrected chi connectivity index (χ0v) is 41.9. The third-order valence-corrected chi connectivity index (χ3v) is 11.7. The molecule has 0 amide bonds. The Morgan fingerprint density at radius 3 is 0.710 bits per heavy atom. The summed E-state index contributed by atoms with van der Waals surface area (Å²) < 4.78 is 51.1. The second-order valence-electron chi connectivity index (χ2n) is 16.4. The van der Waals surface area contributed by atoms with Gasteiger partial charge in [0.1, 0.15) is 46.0 Å². The highest BCUT2D eigenvalue weighted by atomic mass is 16.5. The van der Waals surface area contributed by atoms with E-state index in [1.807, 2.05) is 79.7 Å². The third-order valence-electron chi connectivity index (χ3n) is 11.7. The molecule has 0 aliphatic heterocycles. The Labute approximate surface area is 408 Å². The zero-order valence-electron chi connectivity index (χ0n) is 41.9. The lowest BCUT2D eigenvalue weighted by Crippen LogP contribution is -2.39. The molecule has 15 rings (SSSR count). The Balaban J connectivity index is 1.70. The van der Waals surface area contributed by atoms with Crippen molar-refractivity contribution in [3.8, 4) is 46.0 Å². The number of Topliss-reactive ketones (excluding diaryl/α,β-unsaturated/α-hetero) is 2. The molecule has 10 bridgehead atoms. The number of nitrogens with two attached hydrogens (primary N) is 2. The first-order chi connectivity index (χ1) is 33.6. The number of carbonyl (C=O) groups excluding carboxylic acids is 2. The van der Waals surface area contributed by atoms with Crippen molar-refractivity contribution in [2.45, 2.75) is 87.5 Å². The largest absolute Gasteiger partial charge is 0.494 e. The zero-order chi connectivity index (χ0) is 49.5. The van der Waals surface area contributed by atoms with Crippen LogP contribution in [0.2, 0.25) is 0 Å². The van der Waals surface area contributed by atoms with Crippen molar-refractivity contribution in [3.05, 3.63) is 116 Å². The van der Waals surface area contributed by atoms with Gasteiger partial charge in [0.25, 0.3) is 0 Å². The maximum Gasteiger partial charge on any atom is 0.207 e. The Morgan fingerprint density at radius 1 is 0.348 bits per heavy atom. The van der Waals surface area contributed by atoms with Crippen LogP contribution in [-0.4, -0.2) is 90.6 Å². The van der Waals surface area contributed by atoms with Gasteiger partial charge >= 0.3 is 0 Å². The molecule has 0 fully saturated rings. The van der Waals surface area contributed by atoms with Gasteiger partial charge in [0, 0.05) is 114 Å². The maximum absolute atomic E-state index is 15.1. The number of ether oxygens (including phenoxy) is 8. The van der Waals surface area contributed by atoms with Gasteiger partial charge < -0.3 is 60.0 Å². The molecule has 372 valence electrons. The molecule has 6 N–H and O–H groups in total. The molecule has 11 aliphatic carbocycles. The second kappa shape index (κ2) is 25.3. The summed E-state index contributed by atoms with van der Waals surface area (Å²) >= 11 is 0. The van der Waals surface area contributed by atoms with E-state index in [0.717, 1.165) is 33.4 Å². The molecule has 0 saturated heterocycles. The monoisotopic (exact) mass is 949 g/mol. The average Bonchev–Trinajstić information content (AvgIpc) is 3.32. The lowest BCUT2D eigenvalue weighted by Gasteiger charge is -2.27. The molecular weight excluding hydrogens is 877 g/mol. The molecule has 4 aromatic carbocycles. The average molecular weight is 949 g/mol. The molecule has 0 aromatic heterocycles. The molecule has 0 spiro atoms. The van der Waals surface area contributed by atoms with Gasteiger partial charge in [0.2, 0.25) is 11.6 Å². The van der Waals surface area contributed by atoms with Crippen molar-refractivity contribution in [2.75, 3.05) is 79.0 Å². The molecule has 11 aliphatic rings. The summed E-state index contributed by atoms with van der Waals surface area (Å²) in [4.78, 5) is 30.3. The summed E-state index contributed by atoms with van der Waals surface area (Å²) in [5.74, 6) is 4.49. The summed E-state index contributed by atoms with van der Waals surface area (Å²) in [6.07, 6.45) is 1.41. The smallest absolute Gasteiger partial charge is 0.207 e. The highest BCUT2D eigenvalue weighted by molar-refractivity contribution is 6.25. The number of allylic oxidation sites excluding steroid dienone is 2. The predicted octanol–water partition coefficient (Wildman–Crippen LogP) is 7.50. The van der Waals surface area contributed by atoms with Gasteiger partial charge in [-0.05, 0) is 104 Å². The van der Waals surface area contributed by atoms with Crippen LogP contribution >= 0.6 is 0 Å². The van der Waals surface area contributed by atoms with Crippen molar-refractivity contribution in [2.24, 2.45) is 11.5 Å².